The summed E-state index contributed by atoms with van der Waals surface area (Å²) in [5, 5.41) is 0.741. The fourth-order valence-corrected chi connectivity index (χ4v) is 2.45. The van der Waals surface area contributed by atoms with E-state index in [2.05, 4.69) is 23.4 Å². The maximum absolute atomic E-state index is 6.24. The zero-order valence-electron chi connectivity index (χ0n) is 11.0. The van der Waals surface area contributed by atoms with Gasteiger partial charge in [-0.25, -0.2) is 4.98 Å². The van der Waals surface area contributed by atoms with Gasteiger partial charge in [0.15, 0.2) is 0 Å². The molecule has 1 aromatic carbocycles. The molecular weight excluding hydrogens is 246 g/mol. The summed E-state index contributed by atoms with van der Waals surface area (Å²) in [6.07, 6.45) is 3.27. The lowest BCUT2D eigenvalue weighted by Gasteiger charge is -2.12. The molecule has 1 aromatic heterocycles. The summed E-state index contributed by atoms with van der Waals surface area (Å²) in [5.74, 6) is 0.975. The normalized spacial score (nSPS) is 13.1. The monoisotopic (exact) mass is 265 g/mol. The summed E-state index contributed by atoms with van der Waals surface area (Å²) in [6.45, 7) is 5.15. The van der Waals surface area contributed by atoms with Crippen molar-refractivity contribution >= 4 is 22.6 Å². The van der Waals surface area contributed by atoms with Gasteiger partial charge in [0.2, 0.25) is 0 Å². The summed E-state index contributed by atoms with van der Waals surface area (Å²) < 4.78 is 2.17. The van der Waals surface area contributed by atoms with Gasteiger partial charge in [-0.2, -0.15) is 0 Å². The second-order valence-corrected chi connectivity index (χ2v) is 5.03. The van der Waals surface area contributed by atoms with Gasteiger partial charge >= 0.3 is 0 Å². The molecule has 0 saturated carbocycles. The Balaban J connectivity index is 2.43. The maximum atomic E-state index is 6.24. The molecule has 0 aliphatic heterocycles. The summed E-state index contributed by atoms with van der Waals surface area (Å²) in [6, 6.07) is 5.80. The van der Waals surface area contributed by atoms with E-state index in [9.17, 15) is 0 Å². The van der Waals surface area contributed by atoms with Crippen LogP contribution in [0.5, 0.6) is 0 Å². The van der Waals surface area contributed by atoms with E-state index < -0.39 is 0 Å². The Bertz CT molecular complexity index is 533. The van der Waals surface area contributed by atoms with Crippen molar-refractivity contribution in [2.24, 2.45) is 5.73 Å². The number of benzene rings is 1. The highest BCUT2D eigenvalue weighted by Gasteiger charge is 2.15. The number of hydrogen-bond donors (Lipinski definition) is 1. The highest BCUT2D eigenvalue weighted by molar-refractivity contribution is 6.31. The van der Waals surface area contributed by atoms with Gasteiger partial charge in [0, 0.05) is 11.6 Å². The van der Waals surface area contributed by atoms with Crippen LogP contribution in [0.4, 0.5) is 0 Å². The Kier molecular flexibility index (Phi) is 4.25. The van der Waals surface area contributed by atoms with Gasteiger partial charge in [-0.15, -0.1) is 0 Å². The van der Waals surface area contributed by atoms with Gasteiger partial charge in [0.25, 0.3) is 0 Å². The zero-order valence-corrected chi connectivity index (χ0v) is 11.7. The van der Waals surface area contributed by atoms with Crippen molar-refractivity contribution in [1.29, 1.82) is 0 Å². The molecule has 3 nitrogen and oxygen atoms in total. The van der Waals surface area contributed by atoms with Crippen molar-refractivity contribution in [1.82, 2.24) is 9.55 Å². The molecule has 0 radical (unpaired) electrons. The number of unbranched alkanes of at least 4 members (excludes halogenated alkanes) is 1. The first-order chi connectivity index (χ1) is 8.67. The molecule has 18 heavy (non-hydrogen) atoms. The number of rotatable bonds is 5. The van der Waals surface area contributed by atoms with E-state index in [0.29, 0.717) is 0 Å². The van der Waals surface area contributed by atoms with Crippen molar-refractivity contribution in [2.45, 2.75) is 45.7 Å². The molecule has 0 fully saturated rings. The number of aromatic nitrogens is 2. The predicted molar refractivity (Wildman–Crippen MR) is 76.9 cm³/mol. The second-order valence-electron chi connectivity index (χ2n) is 4.60. The third-order valence-corrected chi connectivity index (χ3v) is 3.49. The van der Waals surface area contributed by atoms with Gasteiger partial charge < -0.3 is 10.3 Å². The summed E-state index contributed by atoms with van der Waals surface area (Å²) >= 11 is 6.05. The lowest BCUT2D eigenvalue weighted by atomic mass is 10.1. The number of halogens is 1. The second kappa shape index (κ2) is 5.72. The first-order valence-electron chi connectivity index (χ1n) is 6.58. The average Bonchev–Trinajstić information content (AvgIpc) is 2.73. The van der Waals surface area contributed by atoms with Gasteiger partial charge in [0.1, 0.15) is 5.82 Å². The highest BCUT2D eigenvalue weighted by atomic mass is 35.5. The molecule has 2 aromatic rings. The Morgan fingerprint density at radius 1 is 1.39 bits per heavy atom. The van der Waals surface area contributed by atoms with Crippen LogP contribution in [0.1, 0.15) is 45.0 Å². The van der Waals surface area contributed by atoms with Crippen LogP contribution in [0.15, 0.2) is 18.2 Å². The third-order valence-electron chi connectivity index (χ3n) is 3.26. The molecule has 0 aliphatic carbocycles. The average molecular weight is 266 g/mol. The Hall–Kier alpha value is -1.06. The van der Waals surface area contributed by atoms with Crippen LogP contribution in [0.3, 0.4) is 0 Å². The van der Waals surface area contributed by atoms with Crippen LogP contribution >= 0.6 is 11.6 Å². The molecule has 0 amide bonds. The molecule has 0 bridgehead atoms. The topological polar surface area (TPSA) is 43.8 Å². The maximum Gasteiger partial charge on any atom is 0.126 e. The van der Waals surface area contributed by atoms with Gasteiger partial charge in [-0.05, 0) is 31.5 Å². The van der Waals surface area contributed by atoms with Gasteiger partial charge in [-0.3, -0.25) is 0 Å². The molecule has 2 rings (SSSR count). The molecular formula is C14H20ClN3. The van der Waals surface area contributed by atoms with E-state index in [0.717, 1.165) is 47.7 Å². The summed E-state index contributed by atoms with van der Waals surface area (Å²) in [7, 11) is 0. The molecule has 1 atom stereocenters. The number of nitrogens with zero attached hydrogens (tertiary/aromatic N) is 2. The Morgan fingerprint density at radius 3 is 2.83 bits per heavy atom. The SMILES string of the molecule is CCCCC(N)c1nc2ccc(Cl)cc2n1CC. The minimum absolute atomic E-state index is 0.0103. The Labute approximate surface area is 113 Å². The smallest absolute Gasteiger partial charge is 0.126 e. The standard InChI is InChI=1S/C14H20ClN3/c1-3-5-6-11(16)14-17-12-8-7-10(15)9-13(12)18(14)4-2/h7-9,11H,3-6,16H2,1-2H3. The van der Waals surface area contributed by atoms with Crippen LogP contribution in [0.25, 0.3) is 11.0 Å². The van der Waals surface area contributed by atoms with Crippen LogP contribution in [-0.2, 0) is 6.54 Å². The summed E-state index contributed by atoms with van der Waals surface area (Å²) in [4.78, 5) is 4.66. The zero-order chi connectivity index (χ0) is 13.1. The van der Waals surface area contributed by atoms with Crippen LogP contribution < -0.4 is 5.73 Å². The molecule has 0 spiro atoms. The van der Waals surface area contributed by atoms with Crippen molar-refractivity contribution in [3.8, 4) is 0 Å². The third kappa shape index (κ3) is 2.52. The molecule has 0 aliphatic rings. The van der Waals surface area contributed by atoms with Crippen molar-refractivity contribution in [3.63, 3.8) is 0 Å². The van der Waals surface area contributed by atoms with Crippen LogP contribution in [0.2, 0.25) is 5.02 Å². The number of aryl methyl sites for hydroxylation is 1. The van der Waals surface area contributed by atoms with E-state index in [-0.39, 0.29) is 6.04 Å². The van der Waals surface area contributed by atoms with Crippen LogP contribution in [-0.4, -0.2) is 9.55 Å². The molecule has 98 valence electrons. The number of nitrogens with two attached hydrogens (primary N) is 1. The van der Waals surface area contributed by atoms with Gasteiger partial charge in [-0.1, -0.05) is 31.4 Å². The highest BCUT2D eigenvalue weighted by Crippen LogP contribution is 2.25. The molecule has 1 heterocycles. The number of fused-ring (bicyclic) bond motifs is 1. The van der Waals surface area contributed by atoms with Crippen molar-refractivity contribution < 1.29 is 0 Å². The summed E-state index contributed by atoms with van der Waals surface area (Å²) in [5.41, 5.74) is 8.29. The van der Waals surface area contributed by atoms with Crippen LogP contribution in [0, 0.1) is 0 Å². The van der Waals surface area contributed by atoms with E-state index in [1.54, 1.807) is 0 Å². The number of hydrogen-bond acceptors (Lipinski definition) is 2. The quantitative estimate of drug-likeness (QED) is 0.891. The van der Waals surface area contributed by atoms with E-state index >= 15 is 0 Å². The minimum Gasteiger partial charge on any atom is -0.327 e. The largest absolute Gasteiger partial charge is 0.327 e. The van der Waals surface area contributed by atoms with Gasteiger partial charge in [0.05, 0.1) is 17.1 Å². The molecule has 1 unspecified atom stereocenters. The van der Waals surface area contributed by atoms with E-state index in [1.807, 2.05) is 18.2 Å². The van der Waals surface area contributed by atoms with E-state index in [1.165, 1.54) is 0 Å². The Morgan fingerprint density at radius 2 is 2.17 bits per heavy atom. The fourth-order valence-electron chi connectivity index (χ4n) is 2.28. The van der Waals surface area contributed by atoms with Crippen molar-refractivity contribution in [3.05, 3.63) is 29.0 Å². The fraction of sp³-hybridized carbons (Fsp3) is 0.500. The minimum atomic E-state index is 0.0103. The molecule has 2 N–H and O–H groups in total. The van der Waals surface area contributed by atoms with E-state index in [4.69, 9.17) is 17.3 Å². The first kappa shape index (κ1) is 13.4. The lowest BCUT2D eigenvalue weighted by Crippen LogP contribution is -2.16. The molecule has 4 heteroatoms. The lowest BCUT2D eigenvalue weighted by molar-refractivity contribution is 0.547. The van der Waals surface area contributed by atoms with Crippen molar-refractivity contribution in [2.75, 3.05) is 0 Å². The first-order valence-corrected chi connectivity index (χ1v) is 6.96. The predicted octanol–water partition coefficient (Wildman–Crippen LogP) is 3.90. The number of imidazole rings is 1. The molecule has 0 saturated heterocycles.